The maximum atomic E-state index is 14.1. The summed E-state index contributed by atoms with van der Waals surface area (Å²) in [5, 5.41) is 18.0. The summed E-state index contributed by atoms with van der Waals surface area (Å²) in [5.74, 6) is -0.346. The lowest BCUT2D eigenvalue weighted by atomic mass is 9.96. The molecular formula is C17H18FN5O. The van der Waals surface area contributed by atoms with Crippen LogP contribution in [0.4, 0.5) is 15.8 Å². The predicted octanol–water partition coefficient (Wildman–Crippen LogP) is 2.17. The molecule has 1 aliphatic rings. The van der Waals surface area contributed by atoms with Gasteiger partial charge in [0.15, 0.2) is 5.65 Å². The molecule has 0 bridgehead atoms. The summed E-state index contributed by atoms with van der Waals surface area (Å²) >= 11 is 0. The predicted molar refractivity (Wildman–Crippen MR) is 91.2 cm³/mol. The van der Waals surface area contributed by atoms with E-state index in [9.17, 15) is 9.50 Å². The SMILES string of the molecule is CNc1ccc(F)c(-n2cc3cc(N4CC(C)(O)C4)cnc3n2)c1. The molecule has 2 aromatic heterocycles. The first-order chi connectivity index (χ1) is 11.4. The average molecular weight is 327 g/mol. The highest BCUT2D eigenvalue weighted by molar-refractivity contribution is 5.79. The van der Waals surface area contributed by atoms with E-state index in [2.05, 4.69) is 15.4 Å². The molecule has 1 aromatic carbocycles. The lowest BCUT2D eigenvalue weighted by Crippen LogP contribution is -2.60. The fraction of sp³-hybridized carbons (Fsp3) is 0.294. The molecule has 0 aliphatic carbocycles. The van der Waals surface area contributed by atoms with Crippen LogP contribution < -0.4 is 10.2 Å². The van der Waals surface area contributed by atoms with Crippen LogP contribution in [0.5, 0.6) is 0 Å². The molecule has 3 aromatic rings. The summed E-state index contributed by atoms with van der Waals surface area (Å²) in [7, 11) is 1.78. The first-order valence-corrected chi connectivity index (χ1v) is 7.76. The van der Waals surface area contributed by atoms with Crippen LogP contribution in [0, 0.1) is 5.82 Å². The fourth-order valence-electron chi connectivity index (χ4n) is 3.00. The monoisotopic (exact) mass is 327 g/mol. The van der Waals surface area contributed by atoms with Gasteiger partial charge in [-0.2, -0.15) is 0 Å². The maximum Gasteiger partial charge on any atom is 0.181 e. The Labute approximate surface area is 138 Å². The summed E-state index contributed by atoms with van der Waals surface area (Å²) in [6.07, 6.45) is 3.50. The Kier molecular flexibility index (Phi) is 3.21. The van der Waals surface area contributed by atoms with E-state index >= 15 is 0 Å². The molecule has 0 radical (unpaired) electrons. The summed E-state index contributed by atoms with van der Waals surface area (Å²) in [6, 6.07) is 6.75. The number of rotatable bonds is 3. The van der Waals surface area contributed by atoms with Gasteiger partial charge < -0.3 is 15.3 Å². The van der Waals surface area contributed by atoms with Crippen LogP contribution in [0.1, 0.15) is 6.92 Å². The van der Waals surface area contributed by atoms with Gasteiger partial charge in [-0.3, -0.25) is 0 Å². The molecule has 0 amide bonds. The van der Waals surface area contributed by atoms with E-state index in [4.69, 9.17) is 0 Å². The third kappa shape index (κ3) is 2.46. The van der Waals surface area contributed by atoms with Crippen molar-refractivity contribution in [1.29, 1.82) is 0 Å². The van der Waals surface area contributed by atoms with Crippen LogP contribution in [0.3, 0.4) is 0 Å². The van der Waals surface area contributed by atoms with Crippen LogP contribution in [-0.2, 0) is 0 Å². The molecule has 6 nitrogen and oxygen atoms in total. The highest BCUT2D eigenvalue weighted by atomic mass is 19.1. The second kappa shape index (κ2) is 5.17. The number of fused-ring (bicyclic) bond motifs is 1. The zero-order valence-corrected chi connectivity index (χ0v) is 13.5. The van der Waals surface area contributed by atoms with E-state index < -0.39 is 5.60 Å². The molecule has 3 heterocycles. The molecule has 124 valence electrons. The van der Waals surface area contributed by atoms with Gasteiger partial charge in [-0.1, -0.05) is 0 Å². The van der Waals surface area contributed by atoms with Gasteiger partial charge in [-0.15, -0.1) is 5.10 Å². The largest absolute Gasteiger partial charge is 0.388 e. The standard InChI is InChI=1S/C17H18FN5O/c1-17(24)9-22(10-17)13-5-11-8-23(21-16(11)20-7-13)15-6-12(19-2)3-4-14(15)18/h3-8,19,24H,9-10H2,1-2H3. The molecule has 0 unspecified atom stereocenters. The Bertz CT molecular complexity index is 912. The van der Waals surface area contributed by atoms with Gasteiger partial charge in [0.2, 0.25) is 0 Å². The van der Waals surface area contributed by atoms with E-state index in [0.29, 0.717) is 24.4 Å². The second-order valence-corrected chi connectivity index (χ2v) is 6.45. The minimum Gasteiger partial charge on any atom is -0.388 e. The topological polar surface area (TPSA) is 66.2 Å². The van der Waals surface area contributed by atoms with Crippen molar-refractivity contribution in [3.05, 3.63) is 42.5 Å². The summed E-state index contributed by atoms with van der Waals surface area (Å²) in [6.45, 7) is 2.96. The Morgan fingerprint density at radius 1 is 1.29 bits per heavy atom. The van der Waals surface area contributed by atoms with Crippen LogP contribution in [0.25, 0.3) is 16.7 Å². The molecule has 4 rings (SSSR count). The molecule has 0 saturated carbocycles. The normalized spacial score (nSPS) is 16.2. The second-order valence-electron chi connectivity index (χ2n) is 6.45. The van der Waals surface area contributed by atoms with Gasteiger partial charge in [-0.05, 0) is 31.2 Å². The number of halogens is 1. The first-order valence-electron chi connectivity index (χ1n) is 7.76. The van der Waals surface area contributed by atoms with Crippen molar-refractivity contribution in [2.24, 2.45) is 0 Å². The Hall–Kier alpha value is -2.67. The van der Waals surface area contributed by atoms with Gasteiger partial charge in [0.25, 0.3) is 0 Å². The third-order valence-electron chi connectivity index (χ3n) is 4.25. The van der Waals surface area contributed by atoms with Crippen molar-refractivity contribution < 1.29 is 9.50 Å². The van der Waals surface area contributed by atoms with Gasteiger partial charge in [0, 0.05) is 37.4 Å². The number of hydrogen-bond acceptors (Lipinski definition) is 5. The summed E-state index contributed by atoms with van der Waals surface area (Å²) in [4.78, 5) is 6.40. The molecule has 7 heteroatoms. The first kappa shape index (κ1) is 14.9. The molecule has 1 saturated heterocycles. The van der Waals surface area contributed by atoms with Crippen molar-refractivity contribution >= 4 is 22.4 Å². The molecule has 1 fully saturated rings. The van der Waals surface area contributed by atoms with Crippen molar-refractivity contribution in [3.63, 3.8) is 0 Å². The Morgan fingerprint density at radius 2 is 2.08 bits per heavy atom. The number of pyridine rings is 1. The maximum absolute atomic E-state index is 14.1. The number of aliphatic hydroxyl groups is 1. The van der Waals surface area contributed by atoms with Crippen LogP contribution in [0.2, 0.25) is 0 Å². The third-order valence-corrected chi connectivity index (χ3v) is 4.25. The van der Waals surface area contributed by atoms with Crippen molar-refractivity contribution in [3.8, 4) is 5.69 Å². The highest BCUT2D eigenvalue weighted by Gasteiger charge is 2.36. The van der Waals surface area contributed by atoms with Crippen molar-refractivity contribution in [1.82, 2.24) is 14.8 Å². The van der Waals surface area contributed by atoms with E-state index in [1.54, 1.807) is 31.6 Å². The summed E-state index contributed by atoms with van der Waals surface area (Å²) < 4.78 is 15.6. The van der Waals surface area contributed by atoms with Gasteiger partial charge in [-0.25, -0.2) is 14.1 Å². The molecule has 0 atom stereocenters. The van der Waals surface area contributed by atoms with Gasteiger partial charge in [0.05, 0.1) is 17.5 Å². The van der Waals surface area contributed by atoms with Crippen molar-refractivity contribution in [2.75, 3.05) is 30.4 Å². The number of hydrogen-bond donors (Lipinski definition) is 2. The van der Waals surface area contributed by atoms with Crippen molar-refractivity contribution in [2.45, 2.75) is 12.5 Å². The highest BCUT2D eigenvalue weighted by Crippen LogP contribution is 2.29. The number of β-amino-alcohol motifs (C(OH)–C–C–N with tert-alkyl or cyclic N) is 1. The smallest absolute Gasteiger partial charge is 0.181 e. The van der Waals surface area contributed by atoms with E-state index in [0.717, 1.165) is 16.8 Å². The van der Waals surface area contributed by atoms with Crippen LogP contribution >= 0.6 is 0 Å². The number of aromatic nitrogens is 3. The van der Waals surface area contributed by atoms with E-state index in [-0.39, 0.29) is 5.82 Å². The quantitative estimate of drug-likeness (QED) is 0.772. The lowest BCUT2D eigenvalue weighted by molar-refractivity contribution is 0.0310. The molecule has 1 aliphatic heterocycles. The van der Waals surface area contributed by atoms with Crippen LogP contribution in [0.15, 0.2) is 36.7 Å². The fourth-order valence-corrected chi connectivity index (χ4v) is 3.00. The van der Waals surface area contributed by atoms with Gasteiger partial charge >= 0.3 is 0 Å². The molecule has 24 heavy (non-hydrogen) atoms. The molecule has 2 N–H and O–H groups in total. The molecule has 0 spiro atoms. The minimum absolute atomic E-state index is 0.346. The zero-order valence-electron chi connectivity index (χ0n) is 13.5. The van der Waals surface area contributed by atoms with E-state index in [1.165, 1.54) is 10.7 Å². The van der Waals surface area contributed by atoms with Crippen LogP contribution in [-0.4, -0.2) is 45.6 Å². The average Bonchev–Trinajstić information content (AvgIpc) is 2.95. The Morgan fingerprint density at radius 3 is 2.79 bits per heavy atom. The lowest BCUT2D eigenvalue weighted by Gasteiger charge is -2.45. The van der Waals surface area contributed by atoms with Gasteiger partial charge in [0.1, 0.15) is 11.5 Å². The minimum atomic E-state index is -0.643. The summed E-state index contributed by atoms with van der Waals surface area (Å²) in [5.41, 5.74) is 2.02. The zero-order chi connectivity index (χ0) is 16.9. The van der Waals surface area contributed by atoms with E-state index in [1.807, 2.05) is 17.9 Å². The molecular weight excluding hydrogens is 309 g/mol. The number of anilines is 2. The number of nitrogens with zero attached hydrogens (tertiary/aromatic N) is 4. The number of benzene rings is 1. The number of nitrogens with one attached hydrogen (secondary N) is 1. The Balaban J connectivity index is 1.71.